The van der Waals surface area contributed by atoms with Crippen LogP contribution in [0.5, 0.6) is 0 Å². The van der Waals surface area contributed by atoms with Gasteiger partial charge in [0.15, 0.2) is 10.9 Å². The second-order valence-electron chi connectivity index (χ2n) is 6.58. The number of rotatable bonds is 8. The first kappa shape index (κ1) is 23.9. The average Bonchev–Trinajstić information content (AvgIpc) is 3.22. The molecular weight excluding hydrogens is 468 g/mol. The van der Waals surface area contributed by atoms with Crippen molar-refractivity contribution in [2.75, 3.05) is 19.0 Å². The lowest BCUT2D eigenvalue weighted by Crippen LogP contribution is -2.21. The first-order chi connectivity index (χ1) is 15.8. The zero-order chi connectivity index (χ0) is 24.0. The highest BCUT2D eigenvalue weighted by atomic mass is 32.2. The Labute approximate surface area is 196 Å². The Morgan fingerprint density at radius 1 is 1.15 bits per heavy atom. The minimum atomic E-state index is -0.871. The molecule has 0 saturated carbocycles. The van der Waals surface area contributed by atoms with Crippen LogP contribution in [0.25, 0.3) is 0 Å². The molecule has 3 aromatic rings. The van der Waals surface area contributed by atoms with E-state index < -0.39 is 23.4 Å². The molecule has 10 nitrogen and oxygen atoms in total. The van der Waals surface area contributed by atoms with Crippen LogP contribution >= 0.6 is 23.1 Å². The van der Waals surface area contributed by atoms with Crippen LogP contribution in [0.15, 0.2) is 57.1 Å². The van der Waals surface area contributed by atoms with Crippen LogP contribution in [0.2, 0.25) is 0 Å². The highest BCUT2D eigenvalue weighted by Crippen LogP contribution is 2.36. The number of benzene rings is 2. The Balaban J connectivity index is 1.61. The zero-order valence-electron chi connectivity index (χ0n) is 17.5. The maximum atomic E-state index is 12.3. The minimum absolute atomic E-state index is 0.0518. The molecule has 2 amide bonds. The van der Waals surface area contributed by atoms with Crippen molar-refractivity contribution in [3.63, 3.8) is 0 Å². The molecule has 0 atom stereocenters. The third-order valence-electron chi connectivity index (χ3n) is 4.18. The number of carbonyl (C=O) groups excluding carboxylic acids is 3. The van der Waals surface area contributed by atoms with Gasteiger partial charge in [0.25, 0.3) is 17.5 Å². The Bertz CT molecular complexity index is 1210. The summed E-state index contributed by atoms with van der Waals surface area (Å²) >= 11 is 2.50. The first-order valence-electron chi connectivity index (χ1n) is 9.44. The van der Waals surface area contributed by atoms with Gasteiger partial charge >= 0.3 is 5.97 Å². The van der Waals surface area contributed by atoms with Crippen LogP contribution in [0.3, 0.4) is 0 Å². The van der Waals surface area contributed by atoms with Gasteiger partial charge in [-0.2, -0.15) is 0 Å². The van der Waals surface area contributed by atoms with Crippen LogP contribution < -0.4 is 10.6 Å². The summed E-state index contributed by atoms with van der Waals surface area (Å²) in [4.78, 5) is 51.4. The number of hydrogen-bond donors (Lipinski definition) is 2. The van der Waals surface area contributed by atoms with E-state index in [2.05, 4.69) is 15.6 Å². The molecule has 0 bridgehead atoms. The smallest absolute Gasteiger partial charge is 0.338 e. The van der Waals surface area contributed by atoms with Crippen molar-refractivity contribution in [3.05, 3.63) is 74.8 Å². The van der Waals surface area contributed by atoms with Crippen molar-refractivity contribution < 1.29 is 24.0 Å². The van der Waals surface area contributed by atoms with Crippen LogP contribution in [0.4, 0.5) is 11.4 Å². The van der Waals surface area contributed by atoms with Crippen LogP contribution in [-0.4, -0.2) is 41.3 Å². The maximum absolute atomic E-state index is 12.3. The van der Waals surface area contributed by atoms with Gasteiger partial charge in [0.2, 0.25) is 0 Å². The number of ether oxygens (including phenoxy) is 1. The largest absolute Gasteiger partial charge is 0.452 e. The van der Waals surface area contributed by atoms with E-state index in [1.54, 1.807) is 0 Å². The molecule has 0 aliphatic heterocycles. The van der Waals surface area contributed by atoms with Crippen molar-refractivity contribution in [2.45, 2.75) is 16.2 Å². The fraction of sp³-hybridized carbons (Fsp3) is 0.143. The normalized spacial score (nSPS) is 10.4. The van der Waals surface area contributed by atoms with Crippen molar-refractivity contribution in [3.8, 4) is 0 Å². The van der Waals surface area contributed by atoms with Gasteiger partial charge in [-0.15, -0.1) is 11.3 Å². The first-order valence-corrected chi connectivity index (χ1v) is 11.1. The Hall–Kier alpha value is -3.77. The van der Waals surface area contributed by atoms with Gasteiger partial charge in [0, 0.05) is 35.4 Å². The molecule has 0 unspecified atom stereocenters. The van der Waals surface area contributed by atoms with Gasteiger partial charge < -0.3 is 15.4 Å². The van der Waals surface area contributed by atoms with E-state index in [1.807, 2.05) is 12.3 Å². The van der Waals surface area contributed by atoms with E-state index in [-0.39, 0.29) is 17.2 Å². The number of esters is 1. The quantitative estimate of drug-likeness (QED) is 0.279. The van der Waals surface area contributed by atoms with Gasteiger partial charge in [-0.05, 0) is 43.3 Å². The molecule has 0 aliphatic carbocycles. The van der Waals surface area contributed by atoms with E-state index in [0.29, 0.717) is 20.5 Å². The van der Waals surface area contributed by atoms with E-state index >= 15 is 0 Å². The van der Waals surface area contributed by atoms with E-state index in [9.17, 15) is 24.5 Å². The average molecular weight is 487 g/mol. The number of aryl methyl sites for hydroxylation is 1. The number of amides is 2. The standard InChI is InChI=1S/C21H18N4O6S2/c1-12-11-32-21(23-12)33-17-8-5-14(9-16(17)25(29)30)20(28)31-10-18(26)24-15-6-3-13(4-7-15)19(27)22-2/h3-9,11H,10H2,1-2H3,(H,22,27)(H,24,26). The predicted octanol–water partition coefficient (Wildman–Crippen LogP) is 3.67. The molecule has 2 N–H and O–H groups in total. The summed E-state index contributed by atoms with van der Waals surface area (Å²) in [7, 11) is 1.51. The van der Waals surface area contributed by atoms with E-state index in [0.717, 1.165) is 23.5 Å². The van der Waals surface area contributed by atoms with Crippen molar-refractivity contribution in [1.82, 2.24) is 10.3 Å². The summed E-state index contributed by atoms with van der Waals surface area (Å²) < 4.78 is 5.63. The highest BCUT2D eigenvalue weighted by molar-refractivity contribution is 8.01. The van der Waals surface area contributed by atoms with Gasteiger partial charge in [-0.3, -0.25) is 19.7 Å². The Morgan fingerprint density at radius 2 is 1.85 bits per heavy atom. The SMILES string of the molecule is CNC(=O)c1ccc(NC(=O)COC(=O)c2ccc(Sc3nc(C)cs3)c([N+](=O)[O-])c2)cc1. The second kappa shape index (κ2) is 10.7. The third kappa shape index (κ3) is 6.37. The molecule has 0 aliphatic rings. The number of nitrogens with one attached hydrogen (secondary N) is 2. The third-order valence-corrected chi connectivity index (χ3v) is 6.30. The van der Waals surface area contributed by atoms with Crippen molar-refractivity contribution in [1.29, 1.82) is 0 Å². The summed E-state index contributed by atoms with van der Waals surface area (Å²) in [5.41, 5.74) is 1.34. The van der Waals surface area contributed by atoms with Crippen LogP contribution in [0.1, 0.15) is 26.4 Å². The lowest BCUT2D eigenvalue weighted by molar-refractivity contribution is -0.387. The number of aromatic nitrogens is 1. The minimum Gasteiger partial charge on any atom is -0.452 e. The summed E-state index contributed by atoms with van der Waals surface area (Å²) in [5.74, 6) is -1.73. The fourth-order valence-corrected chi connectivity index (χ4v) is 4.49. The predicted molar refractivity (Wildman–Crippen MR) is 123 cm³/mol. The highest BCUT2D eigenvalue weighted by Gasteiger charge is 2.20. The molecule has 170 valence electrons. The number of hydrogen-bond acceptors (Lipinski definition) is 9. The van der Waals surface area contributed by atoms with Crippen molar-refractivity contribution in [2.24, 2.45) is 0 Å². The number of anilines is 1. The molecule has 2 aromatic carbocycles. The summed E-state index contributed by atoms with van der Waals surface area (Å²) in [6.07, 6.45) is 0. The van der Waals surface area contributed by atoms with Gasteiger partial charge in [-0.25, -0.2) is 9.78 Å². The van der Waals surface area contributed by atoms with Crippen molar-refractivity contribution >= 4 is 52.3 Å². The molecule has 3 rings (SSSR count). The van der Waals surface area contributed by atoms with E-state index in [4.69, 9.17) is 4.74 Å². The second-order valence-corrected chi connectivity index (χ2v) is 8.72. The molecule has 0 spiro atoms. The molecule has 12 heteroatoms. The number of nitro benzene ring substituents is 1. The van der Waals surface area contributed by atoms with E-state index in [1.165, 1.54) is 54.8 Å². The van der Waals surface area contributed by atoms with Gasteiger partial charge in [0.05, 0.1) is 15.4 Å². The lowest BCUT2D eigenvalue weighted by Gasteiger charge is -2.08. The molecule has 1 heterocycles. The molecule has 0 fully saturated rings. The number of nitrogens with zero attached hydrogens (tertiary/aromatic N) is 2. The molecule has 0 saturated heterocycles. The molecule has 1 aromatic heterocycles. The number of nitro groups is 1. The maximum Gasteiger partial charge on any atom is 0.338 e. The Kier molecular flexibility index (Phi) is 7.74. The lowest BCUT2D eigenvalue weighted by atomic mass is 10.2. The number of carbonyl (C=O) groups is 3. The Morgan fingerprint density at radius 3 is 2.45 bits per heavy atom. The van der Waals surface area contributed by atoms with Crippen LogP contribution in [0, 0.1) is 17.0 Å². The molecule has 0 radical (unpaired) electrons. The molecule has 33 heavy (non-hydrogen) atoms. The van der Waals surface area contributed by atoms with Gasteiger partial charge in [0.1, 0.15) is 0 Å². The summed E-state index contributed by atoms with van der Waals surface area (Å²) in [6, 6.07) is 10.1. The topological polar surface area (TPSA) is 141 Å². The summed E-state index contributed by atoms with van der Waals surface area (Å²) in [6.45, 7) is 1.24. The molecular formula is C21H18N4O6S2. The summed E-state index contributed by atoms with van der Waals surface area (Å²) in [5, 5.41) is 18.3. The van der Waals surface area contributed by atoms with Gasteiger partial charge in [-0.1, -0.05) is 11.8 Å². The zero-order valence-corrected chi connectivity index (χ0v) is 19.1. The van der Waals surface area contributed by atoms with Crippen LogP contribution in [-0.2, 0) is 9.53 Å². The monoisotopic (exact) mass is 486 g/mol. The number of thiazole rings is 1. The fourth-order valence-electron chi connectivity index (χ4n) is 2.61.